The molecule has 6 nitrogen and oxygen atoms in total. The molecule has 34 heavy (non-hydrogen) atoms. The van der Waals surface area contributed by atoms with Gasteiger partial charge in [0.15, 0.2) is 12.3 Å². The number of hydrogen-bond donors (Lipinski definition) is 0. The van der Waals surface area contributed by atoms with E-state index in [1.807, 2.05) is 13.0 Å². The van der Waals surface area contributed by atoms with Gasteiger partial charge in [-0.05, 0) is 49.3 Å². The van der Waals surface area contributed by atoms with Gasteiger partial charge in [-0.15, -0.1) is 11.3 Å². The number of aryl methyl sites for hydroxylation is 2. The van der Waals surface area contributed by atoms with Crippen molar-refractivity contribution in [2.24, 2.45) is 0 Å². The van der Waals surface area contributed by atoms with Crippen LogP contribution in [0.4, 0.5) is 5.69 Å². The average molecular weight is 474 g/mol. The Balaban J connectivity index is 1.55. The number of fused-ring (bicyclic) bond motifs is 2. The minimum absolute atomic E-state index is 0.321. The lowest BCUT2D eigenvalue weighted by atomic mass is 10.00. The number of allylic oxidation sites excluding steroid dienone is 2. The highest BCUT2D eigenvalue weighted by molar-refractivity contribution is 7.19. The van der Waals surface area contributed by atoms with Crippen molar-refractivity contribution < 1.29 is 14.0 Å². The van der Waals surface area contributed by atoms with Crippen molar-refractivity contribution in [3.8, 4) is 12.5 Å². The highest BCUT2D eigenvalue weighted by Crippen LogP contribution is 2.35. The third kappa shape index (κ3) is 5.36. The summed E-state index contributed by atoms with van der Waals surface area (Å²) in [5.41, 5.74) is 6.46. The molecule has 174 valence electrons. The zero-order valence-corrected chi connectivity index (χ0v) is 20.9. The molecule has 1 aliphatic heterocycles. The second-order valence-electron chi connectivity index (χ2n) is 9.18. The summed E-state index contributed by atoms with van der Waals surface area (Å²) in [7, 11) is 4.32. The molecule has 2 aromatic heterocycles. The van der Waals surface area contributed by atoms with Crippen molar-refractivity contribution in [2.45, 2.75) is 26.7 Å². The van der Waals surface area contributed by atoms with Gasteiger partial charge in [-0.25, -0.2) is 9.97 Å². The first kappa shape index (κ1) is 23.7. The van der Waals surface area contributed by atoms with Crippen molar-refractivity contribution in [1.82, 2.24) is 9.97 Å². The minimum atomic E-state index is -0.351. The van der Waals surface area contributed by atoms with E-state index in [2.05, 4.69) is 84.3 Å². The molecule has 1 aromatic carbocycles. The molecular weight excluding hydrogens is 444 g/mol. The van der Waals surface area contributed by atoms with E-state index >= 15 is 0 Å². The Morgan fingerprint density at radius 1 is 1.26 bits per heavy atom. The SMILES string of the molecule is C#COC(=O)CCC[N+](C)(C)CN1C=CC(=Cc2nc3nc(C)cc(C)c3s2)c2ccccc21. The van der Waals surface area contributed by atoms with Crippen LogP contribution in [0.5, 0.6) is 0 Å². The molecule has 0 spiro atoms. The molecule has 0 saturated heterocycles. The van der Waals surface area contributed by atoms with Gasteiger partial charge in [0, 0.05) is 23.9 Å². The summed E-state index contributed by atoms with van der Waals surface area (Å²) < 4.78 is 6.45. The van der Waals surface area contributed by atoms with Crippen LogP contribution in [0.25, 0.3) is 22.0 Å². The number of nitrogens with zero attached hydrogens (tertiary/aromatic N) is 4. The Morgan fingerprint density at radius 3 is 2.85 bits per heavy atom. The van der Waals surface area contributed by atoms with Gasteiger partial charge in [0.1, 0.15) is 11.1 Å². The highest BCUT2D eigenvalue weighted by Gasteiger charge is 2.24. The third-order valence-corrected chi connectivity index (χ3v) is 6.91. The average Bonchev–Trinajstić information content (AvgIpc) is 3.18. The summed E-state index contributed by atoms with van der Waals surface area (Å²) in [5, 5.41) is 0.953. The zero-order chi connectivity index (χ0) is 24.3. The lowest BCUT2D eigenvalue weighted by molar-refractivity contribution is -0.889. The van der Waals surface area contributed by atoms with Gasteiger partial charge in [-0.1, -0.05) is 24.6 Å². The zero-order valence-electron chi connectivity index (χ0n) is 20.0. The Hall–Kier alpha value is -3.47. The van der Waals surface area contributed by atoms with Crippen LogP contribution in [0.2, 0.25) is 0 Å². The van der Waals surface area contributed by atoms with Crippen LogP contribution in [0.1, 0.15) is 34.7 Å². The number of anilines is 1. The number of hydrogen-bond acceptors (Lipinski definition) is 6. The molecule has 0 saturated carbocycles. The first-order valence-corrected chi connectivity index (χ1v) is 12.1. The van der Waals surface area contributed by atoms with E-state index in [4.69, 9.17) is 11.4 Å². The Kier molecular flexibility index (Phi) is 6.82. The topological polar surface area (TPSA) is 55.3 Å². The fraction of sp³-hybridized carbons (Fsp3) is 0.296. The molecule has 1 aliphatic rings. The number of para-hydroxylation sites is 1. The number of pyridine rings is 1. The second kappa shape index (κ2) is 9.80. The van der Waals surface area contributed by atoms with Crippen molar-refractivity contribution in [2.75, 3.05) is 32.2 Å². The molecule has 0 amide bonds. The molecule has 0 aliphatic carbocycles. The Morgan fingerprint density at radius 2 is 2.06 bits per heavy atom. The number of rotatable bonds is 7. The van der Waals surface area contributed by atoms with E-state index in [-0.39, 0.29) is 5.97 Å². The van der Waals surface area contributed by atoms with Crippen LogP contribution >= 0.6 is 11.3 Å². The van der Waals surface area contributed by atoms with Gasteiger partial charge < -0.3 is 14.1 Å². The summed E-state index contributed by atoms with van der Waals surface area (Å²) in [4.78, 5) is 23.2. The number of esters is 1. The van der Waals surface area contributed by atoms with Crippen molar-refractivity contribution in [3.63, 3.8) is 0 Å². The highest BCUT2D eigenvalue weighted by atomic mass is 32.1. The molecule has 4 rings (SSSR count). The summed E-state index contributed by atoms with van der Waals surface area (Å²) in [6, 6.07) is 10.5. The fourth-order valence-corrected chi connectivity index (χ4v) is 5.17. The lowest BCUT2D eigenvalue weighted by Gasteiger charge is -2.37. The Bertz CT molecular complexity index is 1330. The molecule has 0 bridgehead atoms. The van der Waals surface area contributed by atoms with Crippen LogP contribution in [0, 0.1) is 26.4 Å². The largest absolute Gasteiger partial charge is 0.372 e. The number of terminal acetylenes is 1. The maximum atomic E-state index is 11.6. The van der Waals surface area contributed by atoms with Crippen LogP contribution in [-0.2, 0) is 9.53 Å². The molecule has 0 fully saturated rings. The van der Waals surface area contributed by atoms with Crippen LogP contribution in [0.15, 0.2) is 42.6 Å². The summed E-state index contributed by atoms with van der Waals surface area (Å²) in [5.74, 6) is -0.351. The number of thiazole rings is 1. The van der Waals surface area contributed by atoms with E-state index < -0.39 is 0 Å². The van der Waals surface area contributed by atoms with Crippen molar-refractivity contribution in [3.05, 3.63) is 64.4 Å². The summed E-state index contributed by atoms with van der Waals surface area (Å²) >= 11 is 1.68. The smallest absolute Gasteiger partial charge is 0.319 e. The third-order valence-electron chi connectivity index (χ3n) is 5.78. The van der Waals surface area contributed by atoms with Gasteiger partial charge in [-0.2, -0.15) is 0 Å². The van der Waals surface area contributed by atoms with Gasteiger partial charge in [0.2, 0.25) is 0 Å². The number of aromatic nitrogens is 2. The van der Waals surface area contributed by atoms with Gasteiger partial charge in [-0.3, -0.25) is 4.79 Å². The monoisotopic (exact) mass is 473 g/mol. The number of carbonyl (C=O) groups excluding carboxylic acids is 1. The van der Waals surface area contributed by atoms with Gasteiger partial charge >= 0.3 is 5.97 Å². The van der Waals surface area contributed by atoms with Crippen molar-refractivity contribution >= 4 is 45.0 Å². The van der Waals surface area contributed by atoms with E-state index in [1.54, 1.807) is 11.3 Å². The number of quaternary nitrogens is 1. The molecule has 0 atom stereocenters. The number of carbonyl (C=O) groups is 1. The van der Waals surface area contributed by atoms with Crippen molar-refractivity contribution in [1.29, 1.82) is 0 Å². The summed E-state index contributed by atoms with van der Waals surface area (Å²) in [6.45, 7) is 5.71. The maximum absolute atomic E-state index is 11.6. The van der Waals surface area contributed by atoms with Crippen LogP contribution in [-0.4, -0.2) is 47.7 Å². The minimum Gasteiger partial charge on any atom is -0.372 e. The van der Waals surface area contributed by atoms with E-state index in [0.717, 1.165) is 50.0 Å². The first-order chi connectivity index (χ1) is 16.3. The quantitative estimate of drug-likeness (QED) is 0.271. The van der Waals surface area contributed by atoms with Gasteiger partial charge in [0.25, 0.3) is 0 Å². The molecular formula is C27H29N4O2S+. The molecule has 3 aromatic rings. The molecule has 3 heterocycles. The van der Waals surface area contributed by atoms with E-state index in [0.29, 0.717) is 12.8 Å². The second-order valence-corrected chi connectivity index (χ2v) is 10.2. The molecule has 0 radical (unpaired) electrons. The van der Waals surface area contributed by atoms with Crippen LogP contribution in [0.3, 0.4) is 0 Å². The first-order valence-electron chi connectivity index (χ1n) is 11.2. The summed E-state index contributed by atoms with van der Waals surface area (Å²) in [6.07, 6.45) is 14.4. The molecule has 0 unspecified atom stereocenters. The van der Waals surface area contributed by atoms with Gasteiger partial charge in [0.05, 0.1) is 37.4 Å². The lowest BCUT2D eigenvalue weighted by Crippen LogP contribution is -2.48. The Labute approximate surface area is 204 Å². The number of benzene rings is 1. The van der Waals surface area contributed by atoms with E-state index in [9.17, 15) is 4.79 Å². The normalized spacial score (nSPS) is 14.3. The van der Waals surface area contributed by atoms with Crippen LogP contribution < -0.4 is 4.90 Å². The van der Waals surface area contributed by atoms with E-state index in [1.165, 1.54) is 11.1 Å². The maximum Gasteiger partial charge on any atom is 0.319 e. The molecule has 7 heteroatoms. The predicted molar refractivity (Wildman–Crippen MR) is 139 cm³/mol. The molecule has 0 N–H and O–H groups in total. The standard InChI is InChI=1S/C27H29N4O2S/c1-6-33-25(32)12-9-15-31(4,5)18-30-14-13-21(22-10-7-8-11-23(22)30)17-24-29-27-26(34-24)19(2)16-20(3)28-27/h1,7-8,10-11,13-14,16-17H,9,12,15,18H2,2-5H3/q+1. The fourth-order valence-electron chi connectivity index (χ4n) is 4.24. The number of ether oxygens (including phenoxy) is 1. The predicted octanol–water partition coefficient (Wildman–Crippen LogP) is 5.13.